The lowest BCUT2D eigenvalue weighted by Crippen LogP contribution is -2.28. The molecule has 0 aliphatic rings. The summed E-state index contributed by atoms with van der Waals surface area (Å²) in [6.07, 6.45) is 76.0. The number of hydrogen-bond acceptors (Lipinski definition) is 5. The second-order valence-corrected chi connectivity index (χ2v) is 18.6. The molecule has 0 aromatic rings. The number of aliphatic hydroxyl groups excluding tert-OH is 1. The first-order chi connectivity index (χ1) is 32.1. The lowest BCUT2D eigenvalue weighted by Gasteiger charge is -2.15. The molecule has 0 amide bonds. The number of rotatable bonds is 51. The molecular formula is C60H106O5. The van der Waals surface area contributed by atoms with Crippen LogP contribution >= 0.6 is 0 Å². The van der Waals surface area contributed by atoms with Gasteiger partial charge in [-0.3, -0.25) is 9.59 Å². The van der Waals surface area contributed by atoms with Crippen LogP contribution in [0.25, 0.3) is 0 Å². The van der Waals surface area contributed by atoms with E-state index in [9.17, 15) is 14.7 Å². The molecule has 0 spiro atoms. The Kier molecular flexibility index (Phi) is 53.4. The first-order valence-electron chi connectivity index (χ1n) is 28.0. The van der Waals surface area contributed by atoms with Gasteiger partial charge in [0.2, 0.25) is 0 Å². The van der Waals surface area contributed by atoms with Gasteiger partial charge < -0.3 is 14.6 Å². The highest BCUT2D eigenvalue weighted by Gasteiger charge is 2.16. The van der Waals surface area contributed by atoms with E-state index in [0.717, 1.165) is 77.0 Å². The summed E-state index contributed by atoms with van der Waals surface area (Å²) in [6, 6.07) is 0. The second kappa shape index (κ2) is 55.7. The molecule has 65 heavy (non-hydrogen) atoms. The van der Waals surface area contributed by atoms with Crippen LogP contribution in [0, 0.1) is 0 Å². The molecule has 0 aromatic heterocycles. The molecule has 1 N–H and O–H groups in total. The molecule has 0 heterocycles. The van der Waals surface area contributed by atoms with Crippen molar-refractivity contribution in [2.45, 2.75) is 283 Å². The van der Waals surface area contributed by atoms with Crippen molar-refractivity contribution in [3.63, 3.8) is 0 Å². The average Bonchev–Trinajstić information content (AvgIpc) is 3.31. The fourth-order valence-corrected chi connectivity index (χ4v) is 8.09. The van der Waals surface area contributed by atoms with Crippen molar-refractivity contribution < 1.29 is 24.2 Å². The quantitative estimate of drug-likeness (QED) is 0.0374. The Labute approximate surface area is 403 Å². The molecule has 376 valence electrons. The van der Waals surface area contributed by atoms with Crippen LogP contribution in [-0.4, -0.2) is 36.4 Å². The van der Waals surface area contributed by atoms with Crippen LogP contribution < -0.4 is 0 Å². The minimum absolute atomic E-state index is 0.0621. The summed E-state index contributed by atoms with van der Waals surface area (Å²) in [7, 11) is 0. The van der Waals surface area contributed by atoms with Crippen molar-refractivity contribution >= 4 is 11.9 Å². The lowest BCUT2D eigenvalue weighted by molar-refractivity contribution is -0.161. The molecule has 0 aliphatic heterocycles. The van der Waals surface area contributed by atoms with Gasteiger partial charge in [0.25, 0.3) is 0 Å². The zero-order valence-corrected chi connectivity index (χ0v) is 43.0. The van der Waals surface area contributed by atoms with E-state index in [0.29, 0.717) is 12.8 Å². The predicted octanol–water partition coefficient (Wildman–Crippen LogP) is 18.8. The van der Waals surface area contributed by atoms with Gasteiger partial charge in [-0.15, -0.1) is 0 Å². The Balaban J connectivity index is 3.44. The molecule has 0 bridgehead atoms. The van der Waals surface area contributed by atoms with Crippen LogP contribution in [0.4, 0.5) is 0 Å². The van der Waals surface area contributed by atoms with Gasteiger partial charge in [-0.1, -0.05) is 273 Å². The summed E-state index contributed by atoms with van der Waals surface area (Å²) in [5, 5.41) is 9.63. The van der Waals surface area contributed by atoms with Gasteiger partial charge in [0, 0.05) is 12.8 Å². The maximum Gasteiger partial charge on any atom is 0.306 e. The number of hydrogen-bond donors (Lipinski definition) is 1. The number of esters is 2. The number of unbranched alkanes of at least 4 members (excludes halogenated alkanes) is 31. The fraction of sp³-hybridized carbons (Fsp3) is 0.767. The maximum atomic E-state index is 12.3. The monoisotopic (exact) mass is 907 g/mol. The molecule has 1 atom stereocenters. The Bertz CT molecular complexity index is 1160. The van der Waals surface area contributed by atoms with E-state index in [1.54, 1.807) is 0 Å². The Morgan fingerprint density at radius 3 is 1.00 bits per heavy atom. The van der Waals surface area contributed by atoms with Gasteiger partial charge >= 0.3 is 11.9 Å². The van der Waals surface area contributed by atoms with Crippen molar-refractivity contribution in [3.05, 3.63) is 72.9 Å². The SMILES string of the molecule is CC/C=C\C/C=C\C/C=C\C/C=C\C/C=C\C/C=C\CCCCCCCCCCCCCCCCCCCCC(=O)OC(CO)COC(=O)CCCCCCCCCCCCCCCC. The normalized spacial score (nSPS) is 12.7. The van der Waals surface area contributed by atoms with E-state index in [4.69, 9.17) is 9.47 Å². The van der Waals surface area contributed by atoms with Gasteiger partial charge in [0.1, 0.15) is 6.61 Å². The average molecular weight is 908 g/mol. The molecule has 0 rings (SSSR count). The molecule has 0 saturated heterocycles. The van der Waals surface area contributed by atoms with Crippen molar-refractivity contribution in [2.24, 2.45) is 0 Å². The highest BCUT2D eigenvalue weighted by Crippen LogP contribution is 2.17. The predicted molar refractivity (Wildman–Crippen MR) is 283 cm³/mol. The van der Waals surface area contributed by atoms with Gasteiger partial charge in [0.15, 0.2) is 6.10 Å². The van der Waals surface area contributed by atoms with E-state index >= 15 is 0 Å². The maximum absolute atomic E-state index is 12.3. The van der Waals surface area contributed by atoms with Crippen LogP contribution in [0.3, 0.4) is 0 Å². The number of carbonyl (C=O) groups is 2. The molecule has 0 fully saturated rings. The van der Waals surface area contributed by atoms with Crippen LogP contribution in [-0.2, 0) is 19.1 Å². The molecule has 5 nitrogen and oxygen atoms in total. The minimum atomic E-state index is -0.770. The van der Waals surface area contributed by atoms with Crippen molar-refractivity contribution in [2.75, 3.05) is 13.2 Å². The summed E-state index contributed by atoms with van der Waals surface area (Å²) in [4.78, 5) is 24.4. The van der Waals surface area contributed by atoms with Crippen molar-refractivity contribution in [3.8, 4) is 0 Å². The molecule has 0 aliphatic carbocycles. The van der Waals surface area contributed by atoms with Gasteiger partial charge in [0.05, 0.1) is 6.61 Å². The summed E-state index contributed by atoms with van der Waals surface area (Å²) in [6.45, 7) is 4.05. The van der Waals surface area contributed by atoms with E-state index in [-0.39, 0.29) is 25.2 Å². The van der Waals surface area contributed by atoms with Crippen molar-refractivity contribution in [1.82, 2.24) is 0 Å². The van der Waals surface area contributed by atoms with E-state index in [2.05, 4.69) is 86.8 Å². The molecule has 0 radical (unpaired) electrons. The highest BCUT2D eigenvalue weighted by molar-refractivity contribution is 5.70. The van der Waals surface area contributed by atoms with Crippen LogP contribution in [0.1, 0.15) is 277 Å². The molecule has 0 aromatic carbocycles. The topological polar surface area (TPSA) is 72.8 Å². The number of ether oxygens (including phenoxy) is 2. The van der Waals surface area contributed by atoms with Crippen LogP contribution in [0.5, 0.6) is 0 Å². The van der Waals surface area contributed by atoms with Gasteiger partial charge in [-0.05, 0) is 64.2 Å². The first kappa shape index (κ1) is 62.3. The van der Waals surface area contributed by atoms with E-state index in [1.165, 1.54) is 173 Å². The summed E-state index contributed by atoms with van der Waals surface area (Å²) in [5.41, 5.74) is 0. The van der Waals surface area contributed by atoms with E-state index in [1.807, 2.05) is 0 Å². The summed E-state index contributed by atoms with van der Waals surface area (Å²) in [5.74, 6) is -0.579. The molecule has 0 saturated carbocycles. The van der Waals surface area contributed by atoms with Crippen molar-refractivity contribution in [1.29, 1.82) is 0 Å². The Hall–Kier alpha value is -2.66. The first-order valence-corrected chi connectivity index (χ1v) is 28.0. The number of aliphatic hydroxyl groups is 1. The highest BCUT2D eigenvalue weighted by atomic mass is 16.6. The third-order valence-corrected chi connectivity index (χ3v) is 12.3. The second-order valence-electron chi connectivity index (χ2n) is 18.6. The minimum Gasteiger partial charge on any atom is -0.462 e. The number of allylic oxidation sites excluding steroid dienone is 12. The third-order valence-electron chi connectivity index (χ3n) is 12.3. The zero-order chi connectivity index (χ0) is 47.0. The number of carbonyl (C=O) groups excluding carboxylic acids is 2. The molecular weight excluding hydrogens is 801 g/mol. The van der Waals surface area contributed by atoms with E-state index < -0.39 is 6.10 Å². The Morgan fingerprint density at radius 2 is 0.662 bits per heavy atom. The molecule has 5 heteroatoms. The third kappa shape index (κ3) is 53.8. The zero-order valence-electron chi connectivity index (χ0n) is 43.0. The Morgan fingerprint density at radius 1 is 0.369 bits per heavy atom. The molecule has 1 unspecified atom stereocenters. The lowest BCUT2D eigenvalue weighted by atomic mass is 10.0. The fourth-order valence-electron chi connectivity index (χ4n) is 8.09. The smallest absolute Gasteiger partial charge is 0.306 e. The standard InChI is InChI=1S/C60H106O5/c1-3-5-7-9-11-13-15-17-19-20-21-22-23-24-25-26-27-28-29-30-31-32-33-34-35-36-37-38-39-40-41-43-45-47-49-51-53-55-60(63)65-58(56-61)57-64-59(62)54-52-50-48-46-44-42-18-16-14-12-10-8-6-4-2/h5,7,11,13,17,19,21-22,24-25,27-28,58,61H,3-4,6,8-10,12,14-16,18,20,23,26,29-57H2,1-2H3/b7-5-,13-11-,19-17-,22-21-,25-24-,28-27-. The van der Waals surface area contributed by atoms with Gasteiger partial charge in [-0.2, -0.15) is 0 Å². The summed E-state index contributed by atoms with van der Waals surface area (Å²) < 4.78 is 10.7. The summed E-state index contributed by atoms with van der Waals surface area (Å²) >= 11 is 0. The largest absolute Gasteiger partial charge is 0.462 e. The van der Waals surface area contributed by atoms with Crippen LogP contribution in [0.15, 0.2) is 72.9 Å². The van der Waals surface area contributed by atoms with Crippen LogP contribution in [0.2, 0.25) is 0 Å². The van der Waals surface area contributed by atoms with Gasteiger partial charge in [-0.25, -0.2) is 0 Å².